The van der Waals surface area contributed by atoms with Gasteiger partial charge in [0.1, 0.15) is 17.0 Å². The first kappa shape index (κ1) is 28.9. The number of aromatic nitrogens is 6. The van der Waals surface area contributed by atoms with E-state index in [4.69, 9.17) is 19.8 Å². The second-order valence-electron chi connectivity index (χ2n) is 12.0. The van der Waals surface area contributed by atoms with E-state index in [1.54, 1.807) is 17.7 Å². The number of benzene rings is 2. The van der Waals surface area contributed by atoms with Crippen molar-refractivity contribution >= 4 is 44.0 Å². The van der Waals surface area contributed by atoms with E-state index in [9.17, 15) is 0 Å². The van der Waals surface area contributed by atoms with Crippen molar-refractivity contribution in [3.8, 4) is 10.4 Å². The number of piperazine rings is 1. The Balaban J connectivity index is 0.975. The van der Waals surface area contributed by atoms with E-state index >= 15 is 0 Å². The first-order chi connectivity index (χ1) is 22.7. The third-order valence-corrected chi connectivity index (χ3v) is 10.3. The summed E-state index contributed by atoms with van der Waals surface area (Å²) in [5.74, 6) is 0.851. The van der Waals surface area contributed by atoms with E-state index in [-0.39, 0.29) is 0 Å². The van der Waals surface area contributed by atoms with E-state index < -0.39 is 0 Å². The summed E-state index contributed by atoms with van der Waals surface area (Å²) in [7, 11) is 0. The standard InChI is InChI=1S/C35H37N9OS/c1-2-45-19-18-42-14-12-41(13-15-42)16-17-43-23-29-30(40-43)10-9-28-32-34(36-24-37-35(32)46-33(28)29)39-27-8-11-31-26(20-27)21-38-44(31)22-25-6-4-3-5-7-25/h2-8,11,20-21,23-24H,1,9-10,12-19,22H2,(H,36,37,39). The molecule has 0 bridgehead atoms. The lowest BCUT2D eigenvalue weighted by molar-refractivity contribution is 0.105. The van der Waals surface area contributed by atoms with Gasteiger partial charge in [-0.1, -0.05) is 36.9 Å². The highest BCUT2D eigenvalue weighted by atomic mass is 32.1. The average Bonchev–Trinajstić information content (AvgIpc) is 3.80. The molecule has 2 aliphatic rings. The predicted molar refractivity (Wildman–Crippen MR) is 184 cm³/mol. The molecule has 4 aromatic heterocycles. The molecule has 1 aliphatic carbocycles. The van der Waals surface area contributed by atoms with Crippen LogP contribution in [0.25, 0.3) is 31.6 Å². The van der Waals surface area contributed by atoms with Crippen LogP contribution in [0, 0.1) is 0 Å². The van der Waals surface area contributed by atoms with Crippen LogP contribution in [0.5, 0.6) is 0 Å². The summed E-state index contributed by atoms with van der Waals surface area (Å²) in [5, 5.41) is 15.5. The quantitative estimate of drug-likeness (QED) is 0.147. The molecule has 0 spiro atoms. The van der Waals surface area contributed by atoms with Gasteiger partial charge in [-0.3, -0.25) is 19.2 Å². The Labute approximate surface area is 271 Å². The summed E-state index contributed by atoms with van der Waals surface area (Å²) >= 11 is 1.75. The second-order valence-corrected chi connectivity index (χ2v) is 13.0. The number of rotatable bonds is 11. The molecular formula is C35H37N9OS. The summed E-state index contributed by atoms with van der Waals surface area (Å²) in [4.78, 5) is 16.7. The van der Waals surface area contributed by atoms with Gasteiger partial charge >= 0.3 is 0 Å². The van der Waals surface area contributed by atoms with Crippen LogP contribution in [0.2, 0.25) is 0 Å². The topological polar surface area (TPSA) is 89.2 Å². The molecule has 234 valence electrons. The summed E-state index contributed by atoms with van der Waals surface area (Å²) < 4.78 is 9.49. The van der Waals surface area contributed by atoms with Gasteiger partial charge in [-0.25, -0.2) is 9.97 Å². The number of thiophene rings is 1. The smallest absolute Gasteiger partial charge is 0.142 e. The van der Waals surface area contributed by atoms with Crippen LogP contribution in [0.1, 0.15) is 16.8 Å². The Morgan fingerprint density at radius 3 is 2.65 bits per heavy atom. The van der Waals surface area contributed by atoms with Gasteiger partial charge in [0, 0.05) is 67.0 Å². The van der Waals surface area contributed by atoms with Crippen molar-refractivity contribution in [3.63, 3.8) is 0 Å². The van der Waals surface area contributed by atoms with Gasteiger partial charge in [-0.2, -0.15) is 10.2 Å². The molecule has 0 unspecified atom stereocenters. The molecule has 46 heavy (non-hydrogen) atoms. The van der Waals surface area contributed by atoms with Crippen molar-refractivity contribution < 1.29 is 4.74 Å². The van der Waals surface area contributed by atoms with Crippen LogP contribution in [-0.4, -0.2) is 85.2 Å². The first-order valence-electron chi connectivity index (χ1n) is 16.0. The molecule has 1 aliphatic heterocycles. The lowest BCUT2D eigenvalue weighted by atomic mass is 9.95. The molecule has 1 saturated heterocycles. The van der Waals surface area contributed by atoms with Crippen molar-refractivity contribution in [3.05, 3.63) is 96.9 Å². The Kier molecular flexibility index (Phi) is 7.95. The number of ether oxygens (including phenoxy) is 1. The van der Waals surface area contributed by atoms with Crippen molar-refractivity contribution in [1.29, 1.82) is 0 Å². The molecule has 10 nitrogen and oxygen atoms in total. The van der Waals surface area contributed by atoms with Crippen LogP contribution in [0.15, 0.2) is 80.1 Å². The zero-order valence-corrected chi connectivity index (χ0v) is 26.6. The van der Waals surface area contributed by atoms with E-state index in [1.165, 1.54) is 33.5 Å². The van der Waals surface area contributed by atoms with Gasteiger partial charge in [0.15, 0.2) is 0 Å². The maximum atomic E-state index is 5.30. The van der Waals surface area contributed by atoms with E-state index in [2.05, 4.69) is 80.1 Å². The van der Waals surface area contributed by atoms with Crippen LogP contribution < -0.4 is 5.32 Å². The lowest BCUT2D eigenvalue weighted by Gasteiger charge is -2.34. The molecule has 0 amide bonds. The largest absolute Gasteiger partial charge is 0.500 e. The summed E-state index contributed by atoms with van der Waals surface area (Å²) in [6.45, 7) is 12.2. The molecule has 0 radical (unpaired) electrons. The minimum absolute atomic E-state index is 0.711. The second kappa shape index (κ2) is 12.7. The fourth-order valence-electron chi connectivity index (χ4n) is 6.66. The predicted octanol–water partition coefficient (Wildman–Crippen LogP) is 5.57. The van der Waals surface area contributed by atoms with E-state index in [1.807, 2.05) is 16.9 Å². The van der Waals surface area contributed by atoms with Crippen molar-refractivity contribution in [2.45, 2.75) is 25.9 Å². The molecule has 1 N–H and O–H groups in total. The molecule has 8 rings (SSSR count). The van der Waals surface area contributed by atoms with Crippen molar-refractivity contribution in [2.24, 2.45) is 0 Å². The highest BCUT2D eigenvalue weighted by Gasteiger charge is 2.27. The summed E-state index contributed by atoms with van der Waals surface area (Å²) in [5.41, 5.74) is 7.08. The van der Waals surface area contributed by atoms with Gasteiger partial charge in [-0.15, -0.1) is 11.3 Å². The Morgan fingerprint density at radius 1 is 0.957 bits per heavy atom. The third-order valence-electron chi connectivity index (χ3n) is 9.11. The molecule has 5 heterocycles. The lowest BCUT2D eigenvalue weighted by Crippen LogP contribution is -2.47. The number of anilines is 2. The fourth-order valence-corrected chi connectivity index (χ4v) is 7.89. The molecule has 0 atom stereocenters. The molecule has 6 aromatic rings. The molecule has 11 heteroatoms. The Morgan fingerprint density at radius 2 is 1.80 bits per heavy atom. The van der Waals surface area contributed by atoms with E-state index in [0.29, 0.717) is 6.61 Å². The van der Waals surface area contributed by atoms with Gasteiger partial charge in [0.05, 0.1) is 48.8 Å². The van der Waals surface area contributed by atoms with Crippen LogP contribution in [0.3, 0.4) is 0 Å². The van der Waals surface area contributed by atoms with Crippen LogP contribution >= 0.6 is 11.3 Å². The highest BCUT2D eigenvalue weighted by Crippen LogP contribution is 2.45. The molecule has 0 saturated carbocycles. The minimum Gasteiger partial charge on any atom is -0.500 e. The third kappa shape index (κ3) is 5.77. The number of hydrogen-bond donors (Lipinski definition) is 1. The number of nitrogens with one attached hydrogen (secondary N) is 1. The van der Waals surface area contributed by atoms with Gasteiger partial charge in [0.25, 0.3) is 0 Å². The zero-order chi connectivity index (χ0) is 30.9. The number of aryl methyl sites for hydroxylation is 2. The maximum Gasteiger partial charge on any atom is 0.142 e. The zero-order valence-electron chi connectivity index (χ0n) is 25.8. The summed E-state index contributed by atoms with van der Waals surface area (Å²) in [6, 6.07) is 16.8. The minimum atomic E-state index is 0.711. The normalized spacial score (nSPS) is 15.2. The average molecular weight is 632 g/mol. The van der Waals surface area contributed by atoms with Crippen LogP contribution in [0.4, 0.5) is 11.5 Å². The SMILES string of the molecule is C=COCCN1CCN(CCn2cc3c(n2)CCc2c-3sc3ncnc(Nc4ccc5c(cnn5Cc5ccccc5)c4)c23)CC1. The molecule has 2 aromatic carbocycles. The monoisotopic (exact) mass is 631 g/mol. The number of fused-ring (bicyclic) bond motifs is 6. The number of hydrogen-bond acceptors (Lipinski definition) is 9. The van der Waals surface area contributed by atoms with Crippen LogP contribution in [-0.2, 0) is 30.7 Å². The summed E-state index contributed by atoms with van der Waals surface area (Å²) in [6.07, 6.45) is 9.23. The fraction of sp³-hybridized carbons (Fsp3) is 0.314. The van der Waals surface area contributed by atoms with E-state index in [0.717, 1.165) is 97.8 Å². The van der Waals surface area contributed by atoms with Gasteiger partial charge in [0.2, 0.25) is 0 Å². The van der Waals surface area contributed by atoms with Gasteiger partial charge in [-0.05, 0) is 42.2 Å². The molecule has 1 fully saturated rings. The molecular weight excluding hydrogens is 595 g/mol. The Hall–Kier alpha value is -4.58. The maximum absolute atomic E-state index is 5.30. The van der Waals surface area contributed by atoms with Gasteiger partial charge < -0.3 is 10.1 Å². The van der Waals surface area contributed by atoms with Crippen molar-refractivity contribution in [2.75, 3.05) is 51.2 Å². The van der Waals surface area contributed by atoms with Crippen molar-refractivity contribution in [1.82, 2.24) is 39.3 Å². The highest BCUT2D eigenvalue weighted by molar-refractivity contribution is 7.22. The Bertz CT molecular complexity index is 1990. The number of nitrogens with zero attached hydrogens (tertiary/aromatic N) is 8. The first-order valence-corrected chi connectivity index (χ1v) is 16.8.